The van der Waals surface area contributed by atoms with Crippen LogP contribution in [-0.2, 0) is 21.4 Å². The number of fused-ring (bicyclic) bond motifs is 2. The monoisotopic (exact) mass is 235 g/mol. The van der Waals surface area contributed by atoms with Crippen LogP contribution >= 0.6 is 11.6 Å². The number of benzene rings is 1. The molecule has 1 aliphatic heterocycles. The van der Waals surface area contributed by atoms with E-state index in [1.165, 1.54) is 0 Å². The van der Waals surface area contributed by atoms with Crippen molar-refractivity contribution in [1.29, 1.82) is 0 Å². The Morgan fingerprint density at radius 1 is 1.31 bits per heavy atom. The van der Waals surface area contributed by atoms with Gasteiger partial charge in [-0.3, -0.25) is 14.9 Å². The van der Waals surface area contributed by atoms with E-state index in [9.17, 15) is 9.59 Å². The van der Waals surface area contributed by atoms with Crippen molar-refractivity contribution in [2.45, 2.75) is 24.7 Å². The summed E-state index contributed by atoms with van der Waals surface area (Å²) in [6.45, 7) is 0. The second-order valence-electron chi connectivity index (χ2n) is 4.44. The summed E-state index contributed by atoms with van der Waals surface area (Å²) in [6, 6.07) is 5.55. The molecule has 2 amide bonds. The van der Waals surface area contributed by atoms with Gasteiger partial charge in [0.25, 0.3) is 0 Å². The Kier molecular flexibility index (Phi) is 1.89. The largest absolute Gasteiger partial charge is 0.296 e. The fourth-order valence-corrected chi connectivity index (χ4v) is 2.98. The van der Waals surface area contributed by atoms with Gasteiger partial charge >= 0.3 is 0 Å². The van der Waals surface area contributed by atoms with E-state index in [1.807, 2.05) is 12.1 Å². The Labute approximate surface area is 97.8 Å². The third kappa shape index (κ3) is 1.15. The molecule has 82 valence electrons. The van der Waals surface area contributed by atoms with Crippen LogP contribution in [0, 0.1) is 0 Å². The van der Waals surface area contributed by atoms with Crippen molar-refractivity contribution in [2.24, 2.45) is 0 Å². The van der Waals surface area contributed by atoms with Crippen LogP contribution in [0.4, 0.5) is 0 Å². The minimum Gasteiger partial charge on any atom is -0.296 e. The Hall–Kier alpha value is -1.35. The minimum atomic E-state index is -0.614. The third-order valence-electron chi connectivity index (χ3n) is 3.55. The summed E-state index contributed by atoms with van der Waals surface area (Å²) in [5.41, 5.74) is 1.45. The van der Waals surface area contributed by atoms with E-state index in [0.717, 1.165) is 17.5 Å². The van der Waals surface area contributed by atoms with Crippen LogP contribution in [-0.4, -0.2) is 11.8 Å². The number of amides is 2. The number of carbonyl (C=O) groups excluding carboxylic acids is 2. The highest BCUT2D eigenvalue weighted by Crippen LogP contribution is 2.44. The summed E-state index contributed by atoms with van der Waals surface area (Å²) < 4.78 is 0. The lowest BCUT2D eigenvalue weighted by atomic mass is 9.80. The first-order chi connectivity index (χ1) is 7.62. The van der Waals surface area contributed by atoms with Crippen molar-refractivity contribution in [1.82, 2.24) is 5.32 Å². The molecule has 4 heteroatoms. The number of hydrogen-bond acceptors (Lipinski definition) is 2. The molecule has 0 unspecified atom stereocenters. The molecule has 0 radical (unpaired) electrons. The summed E-state index contributed by atoms with van der Waals surface area (Å²) in [5, 5.41) is 3.08. The predicted molar refractivity (Wildman–Crippen MR) is 59.2 cm³/mol. The zero-order valence-electron chi connectivity index (χ0n) is 8.55. The molecule has 1 N–H and O–H groups in total. The van der Waals surface area contributed by atoms with Crippen LogP contribution in [0.25, 0.3) is 0 Å². The molecule has 1 aromatic rings. The normalized spacial score (nSPS) is 27.3. The van der Waals surface area contributed by atoms with Gasteiger partial charge in [0.1, 0.15) is 0 Å². The van der Waals surface area contributed by atoms with Gasteiger partial charge in [-0.1, -0.05) is 17.7 Å². The summed E-state index contributed by atoms with van der Waals surface area (Å²) in [6.07, 6.45) is 1.80. The van der Waals surface area contributed by atoms with Gasteiger partial charge in [-0.05, 0) is 36.1 Å². The molecule has 1 fully saturated rings. The van der Waals surface area contributed by atoms with E-state index >= 15 is 0 Å². The summed E-state index contributed by atoms with van der Waals surface area (Å²) in [7, 11) is 0. The van der Waals surface area contributed by atoms with E-state index in [4.69, 9.17) is 11.6 Å². The molecule has 0 aromatic heterocycles. The van der Waals surface area contributed by atoms with Gasteiger partial charge in [-0.25, -0.2) is 0 Å². The van der Waals surface area contributed by atoms with E-state index in [0.29, 0.717) is 11.4 Å². The number of aryl methyl sites for hydroxylation is 1. The maximum absolute atomic E-state index is 11.9. The van der Waals surface area contributed by atoms with Gasteiger partial charge in [-0.15, -0.1) is 0 Å². The molecule has 1 aliphatic carbocycles. The number of halogens is 1. The first-order valence-electron chi connectivity index (χ1n) is 5.25. The van der Waals surface area contributed by atoms with Crippen LogP contribution in [0.2, 0.25) is 5.02 Å². The van der Waals surface area contributed by atoms with Crippen molar-refractivity contribution < 1.29 is 9.59 Å². The average Bonchev–Trinajstić information content (AvgIpc) is 2.70. The third-order valence-corrected chi connectivity index (χ3v) is 3.79. The molecule has 1 saturated heterocycles. The molecule has 0 saturated carbocycles. The maximum atomic E-state index is 11.9. The molecule has 1 heterocycles. The molecule has 3 rings (SSSR count). The smallest absolute Gasteiger partial charge is 0.237 e. The van der Waals surface area contributed by atoms with Crippen molar-refractivity contribution >= 4 is 23.4 Å². The van der Waals surface area contributed by atoms with Crippen LogP contribution in [0.15, 0.2) is 18.2 Å². The fourth-order valence-electron chi connectivity index (χ4n) is 2.78. The predicted octanol–water partition coefficient (Wildman–Crippen LogP) is 1.57. The molecule has 0 bridgehead atoms. The molecular weight excluding hydrogens is 226 g/mol. The van der Waals surface area contributed by atoms with Crippen LogP contribution < -0.4 is 5.32 Å². The fraction of sp³-hybridized carbons (Fsp3) is 0.333. The Morgan fingerprint density at radius 2 is 2.12 bits per heavy atom. The average molecular weight is 236 g/mol. The minimum absolute atomic E-state index is 0.154. The lowest BCUT2D eigenvalue weighted by Crippen LogP contribution is -2.33. The van der Waals surface area contributed by atoms with Crippen LogP contribution in [0.5, 0.6) is 0 Å². The van der Waals surface area contributed by atoms with Gasteiger partial charge in [0.2, 0.25) is 11.8 Å². The lowest BCUT2D eigenvalue weighted by molar-refractivity contribution is -0.126. The Balaban J connectivity index is 2.15. The first-order valence-corrected chi connectivity index (χ1v) is 5.63. The number of nitrogens with one attached hydrogen (secondary N) is 1. The van der Waals surface area contributed by atoms with Gasteiger partial charge in [-0.2, -0.15) is 0 Å². The van der Waals surface area contributed by atoms with E-state index in [2.05, 4.69) is 5.32 Å². The molecule has 3 nitrogen and oxygen atoms in total. The highest BCUT2D eigenvalue weighted by molar-refractivity contribution is 6.30. The van der Waals surface area contributed by atoms with E-state index in [-0.39, 0.29) is 18.2 Å². The van der Waals surface area contributed by atoms with E-state index in [1.54, 1.807) is 6.07 Å². The van der Waals surface area contributed by atoms with Crippen molar-refractivity contribution in [2.75, 3.05) is 0 Å². The van der Waals surface area contributed by atoms with Gasteiger partial charge in [0.05, 0.1) is 5.41 Å². The molecule has 1 spiro atoms. The second kappa shape index (κ2) is 3.08. The zero-order valence-corrected chi connectivity index (χ0v) is 9.30. The molecule has 2 aliphatic rings. The summed E-state index contributed by atoms with van der Waals surface area (Å²) in [5.74, 6) is -0.327. The van der Waals surface area contributed by atoms with Gasteiger partial charge in [0, 0.05) is 11.4 Å². The zero-order chi connectivity index (χ0) is 11.3. The summed E-state index contributed by atoms with van der Waals surface area (Å²) in [4.78, 5) is 23.2. The first kappa shape index (κ1) is 9.85. The van der Waals surface area contributed by atoms with Crippen molar-refractivity contribution in [3.05, 3.63) is 34.3 Å². The highest BCUT2D eigenvalue weighted by Gasteiger charge is 2.51. The number of imide groups is 1. The molecule has 1 atom stereocenters. The number of hydrogen-bond donors (Lipinski definition) is 1. The van der Waals surface area contributed by atoms with E-state index < -0.39 is 5.41 Å². The quantitative estimate of drug-likeness (QED) is 0.694. The van der Waals surface area contributed by atoms with Crippen LogP contribution in [0.1, 0.15) is 24.0 Å². The number of carbonyl (C=O) groups is 2. The number of rotatable bonds is 0. The molecular formula is C12H10ClNO2. The van der Waals surface area contributed by atoms with Crippen molar-refractivity contribution in [3.63, 3.8) is 0 Å². The second-order valence-corrected chi connectivity index (χ2v) is 4.87. The molecule has 16 heavy (non-hydrogen) atoms. The Bertz CT molecular complexity index is 512. The lowest BCUT2D eigenvalue weighted by Gasteiger charge is -2.19. The van der Waals surface area contributed by atoms with Crippen molar-refractivity contribution in [3.8, 4) is 0 Å². The topological polar surface area (TPSA) is 46.2 Å². The highest BCUT2D eigenvalue weighted by atomic mass is 35.5. The molecule has 1 aromatic carbocycles. The van der Waals surface area contributed by atoms with Gasteiger partial charge < -0.3 is 0 Å². The SMILES string of the molecule is O=C1C[C@]2(CCc3cc(Cl)ccc32)C(=O)N1. The maximum Gasteiger partial charge on any atom is 0.237 e. The van der Waals surface area contributed by atoms with Crippen LogP contribution in [0.3, 0.4) is 0 Å². The van der Waals surface area contributed by atoms with Gasteiger partial charge in [0.15, 0.2) is 0 Å². The Morgan fingerprint density at radius 3 is 2.81 bits per heavy atom. The summed E-state index contributed by atoms with van der Waals surface area (Å²) >= 11 is 5.92. The standard InChI is InChI=1S/C12H10ClNO2/c13-8-1-2-9-7(5-8)3-4-12(9)6-10(15)14-11(12)16/h1-2,5H,3-4,6H2,(H,14,15,16)/t12-/m0/s1.